The molecule has 0 aliphatic carbocycles. The summed E-state index contributed by atoms with van der Waals surface area (Å²) in [6.45, 7) is 0.838. The van der Waals surface area contributed by atoms with Crippen LogP contribution in [0.2, 0.25) is 0 Å². The number of pyridine rings is 2. The molecule has 11 nitrogen and oxygen atoms in total. The number of hydroxylamine groups is 1. The lowest BCUT2D eigenvalue weighted by Gasteiger charge is -2.45. The fourth-order valence-electron chi connectivity index (χ4n) is 6.77. The molecule has 3 aliphatic heterocycles. The fraction of sp³-hybridized carbons (Fsp3) is 0.273. The summed E-state index contributed by atoms with van der Waals surface area (Å²) in [5.41, 5.74) is 5.94. The maximum absolute atomic E-state index is 16.9. The number of anilines is 2. The van der Waals surface area contributed by atoms with E-state index in [-0.39, 0.29) is 81.4 Å². The molecule has 3 aliphatic rings. The predicted molar refractivity (Wildman–Crippen MR) is 165 cm³/mol. The highest BCUT2D eigenvalue weighted by Crippen LogP contribution is 2.44. The summed E-state index contributed by atoms with van der Waals surface area (Å²) >= 11 is 0. The molecule has 6 heterocycles. The Morgan fingerprint density at radius 1 is 1.15 bits per heavy atom. The van der Waals surface area contributed by atoms with Crippen LogP contribution >= 0.6 is 0 Å². The Hall–Kier alpha value is -5.39. The highest BCUT2D eigenvalue weighted by molar-refractivity contribution is 6.04. The van der Waals surface area contributed by atoms with E-state index < -0.39 is 24.0 Å². The van der Waals surface area contributed by atoms with Gasteiger partial charge in [-0.05, 0) is 48.9 Å². The van der Waals surface area contributed by atoms with Gasteiger partial charge < -0.3 is 15.6 Å². The molecule has 2 bridgehead atoms. The van der Waals surface area contributed by atoms with Crippen molar-refractivity contribution in [2.75, 3.05) is 23.9 Å². The van der Waals surface area contributed by atoms with Gasteiger partial charge in [0, 0.05) is 41.7 Å². The number of fused-ring (bicyclic) bond motifs is 3. The molecular formula is C33H26F3N7O4. The zero-order chi connectivity index (χ0) is 32.4. The van der Waals surface area contributed by atoms with E-state index in [0.29, 0.717) is 23.9 Å². The van der Waals surface area contributed by atoms with Crippen LogP contribution in [-0.2, 0) is 11.5 Å². The molecule has 2 saturated heterocycles. The van der Waals surface area contributed by atoms with E-state index in [1.165, 1.54) is 35.5 Å². The Labute approximate surface area is 265 Å². The van der Waals surface area contributed by atoms with E-state index in [1.54, 1.807) is 12.1 Å². The second-order valence-electron chi connectivity index (χ2n) is 11.8. The number of phenols is 1. The number of ether oxygens (including phenoxy) is 1. The quantitative estimate of drug-likeness (QED) is 0.194. The van der Waals surface area contributed by atoms with Gasteiger partial charge in [-0.25, -0.2) is 23.1 Å². The van der Waals surface area contributed by atoms with Gasteiger partial charge in [0.05, 0.1) is 12.1 Å². The van der Waals surface area contributed by atoms with E-state index in [9.17, 15) is 13.9 Å². The highest BCUT2D eigenvalue weighted by atomic mass is 19.1. The van der Waals surface area contributed by atoms with Crippen molar-refractivity contribution in [1.29, 1.82) is 0 Å². The SMILES string of the molecule is C#Cc1c(F)ccc2cc(O)cc(-c3nc4c5c(nc(OC6[C@@H]7CCCN6C[C@H](F)C7)nc5c3F)N(Cc3cccnc3N)OO4)c12. The average Bonchev–Trinajstić information content (AvgIpc) is 3.05. The van der Waals surface area contributed by atoms with Crippen LogP contribution in [0.1, 0.15) is 30.4 Å². The Morgan fingerprint density at radius 2 is 2.02 bits per heavy atom. The molecular weight excluding hydrogens is 615 g/mol. The van der Waals surface area contributed by atoms with Gasteiger partial charge in [0.25, 0.3) is 5.88 Å². The Morgan fingerprint density at radius 3 is 2.83 bits per heavy atom. The lowest BCUT2D eigenvalue weighted by Crippen LogP contribution is -2.55. The molecule has 3 aromatic heterocycles. The van der Waals surface area contributed by atoms with Crippen LogP contribution in [-0.4, -0.2) is 55.4 Å². The number of aromatic hydroxyl groups is 1. The van der Waals surface area contributed by atoms with Gasteiger partial charge in [0.1, 0.15) is 40.2 Å². The number of nitrogens with zero attached hydrogens (tertiary/aromatic N) is 6. The third-order valence-corrected chi connectivity index (χ3v) is 8.85. The van der Waals surface area contributed by atoms with E-state index >= 15 is 4.39 Å². The minimum atomic E-state index is -0.978. The fourth-order valence-corrected chi connectivity index (χ4v) is 6.77. The number of piperidine rings is 2. The van der Waals surface area contributed by atoms with E-state index in [2.05, 4.69) is 25.9 Å². The van der Waals surface area contributed by atoms with Crippen LogP contribution in [0.3, 0.4) is 0 Å². The summed E-state index contributed by atoms with van der Waals surface area (Å²) in [6, 6.07) is 8.45. The third-order valence-electron chi connectivity index (χ3n) is 8.85. The van der Waals surface area contributed by atoms with Gasteiger partial charge in [-0.15, -0.1) is 6.42 Å². The summed E-state index contributed by atoms with van der Waals surface area (Å²) in [7, 11) is 0. The number of halogens is 3. The van der Waals surface area contributed by atoms with Crippen LogP contribution in [0.5, 0.6) is 17.6 Å². The molecule has 14 heteroatoms. The zero-order valence-corrected chi connectivity index (χ0v) is 24.7. The summed E-state index contributed by atoms with van der Waals surface area (Å²) in [5.74, 6) is 0.454. The summed E-state index contributed by atoms with van der Waals surface area (Å²) in [6.07, 6.45) is 7.69. The first-order valence-electron chi connectivity index (χ1n) is 15.0. The molecule has 0 radical (unpaired) electrons. The molecule has 2 unspecified atom stereocenters. The number of alkyl halides is 1. The molecule has 47 heavy (non-hydrogen) atoms. The number of aromatic nitrogens is 4. The van der Waals surface area contributed by atoms with Gasteiger partial charge in [-0.1, -0.05) is 23.0 Å². The number of nitrogens with two attached hydrogens (primary N) is 1. The van der Waals surface area contributed by atoms with Gasteiger partial charge in [-0.3, -0.25) is 9.79 Å². The number of rotatable bonds is 5. The van der Waals surface area contributed by atoms with Crippen molar-refractivity contribution in [3.63, 3.8) is 0 Å². The number of terminal acetylenes is 1. The Bertz CT molecular complexity index is 2110. The molecule has 3 N–H and O–H groups in total. The van der Waals surface area contributed by atoms with Crippen molar-refractivity contribution in [2.45, 2.75) is 38.2 Å². The van der Waals surface area contributed by atoms with Gasteiger partial charge in [-0.2, -0.15) is 15.0 Å². The molecule has 2 aromatic carbocycles. The molecule has 5 aromatic rings. The van der Waals surface area contributed by atoms with Gasteiger partial charge in [0.15, 0.2) is 17.9 Å². The van der Waals surface area contributed by atoms with Crippen molar-refractivity contribution in [3.05, 3.63) is 65.4 Å². The lowest BCUT2D eigenvalue weighted by molar-refractivity contribution is -0.227. The largest absolute Gasteiger partial charge is 0.508 e. The maximum Gasteiger partial charge on any atom is 0.320 e. The maximum atomic E-state index is 16.9. The molecule has 238 valence electrons. The first kappa shape index (κ1) is 29.0. The molecule has 4 atom stereocenters. The molecule has 0 amide bonds. The van der Waals surface area contributed by atoms with Crippen LogP contribution < -0.4 is 20.4 Å². The predicted octanol–water partition coefficient (Wildman–Crippen LogP) is 5.19. The topological polar surface area (TPSA) is 132 Å². The Kier molecular flexibility index (Phi) is 6.89. The van der Waals surface area contributed by atoms with Crippen LogP contribution in [0.25, 0.3) is 32.9 Å². The van der Waals surface area contributed by atoms with E-state index in [0.717, 1.165) is 12.8 Å². The highest BCUT2D eigenvalue weighted by Gasteiger charge is 2.41. The molecule has 0 saturated carbocycles. The number of hydrogen-bond donors (Lipinski definition) is 2. The summed E-state index contributed by atoms with van der Waals surface area (Å²) < 4.78 is 52.6. The average molecular weight is 642 g/mol. The lowest BCUT2D eigenvalue weighted by atomic mass is 9.86. The minimum Gasteiger partial charge on any atom is -0.508 e. The number of phenolic OH excluding ortho intramolecular Hbond substituents is 1. The van der Waals surface area contributed by atoms with Gasteiger partial charge >= 0.3 is 6.01 Å². The second kappa shape index (κ2) is 11.1. The van der Waals surface area contributed by atoms with Crippen LogP contribution in [0, 0.1) is 29.9 Å². The van der Waals surface area contributed by atoms with Crippen molar-refractivity contribution < 1.29 is 32.9 Å². The number of benzene rings is 2. The molecule has 0 spiro atoms. The monoisotopic (exact) mass is 641 g/mol. The standard InChI is InChI=1S/C33H26F3N7O4/c1-2-21-23(35)8-7-16-12-20(44)13-22(24(16)21)27-26(36)28-25-30(43(47-46-31(25)39-27)14-18-5-3-9-38-29(18)37)41-33(40-28)45-32-17-6-4-10-42(32)15-19(34)11-17/h1,3,5,7-9,12-13,17,19,32,44H,4,6,10-11,14-15H2,(H2,37,38)/t17-,19-,32?/m1/s1. The second-order valence-corrected chi connectivity index (χ2v) is 11.8. The molecule has 2 fully saturated rings. The van der Waals surface area contributed by atoms with E-state index in [4.69, 9.17) is 26.8 Å². The number of nitrogen functional groups attached to an aromatic ring is 1. The summed E-state index contributed by atoms with van der Waals surface area (Å²) in [5, 5.41) is 12.4. The number of hydrogen-bond acceptors (Lipinski definition) is 11. The first-order chi connectivity index (χ1) is 22.8. The third kappa shape index (κ3) is 4.86. The summed E-state index contributed by atoms with van der Waals surface area (Å²) in [4.78, 5) is 30.7. The van der Waals surface area contributed by atoms with Gasteiger partial charge in [0.2, 0.25) is 0 Å². The van der Waals surface area contributed by atoms with Crippen molar-refractivity contribution in [3.8, 4) is 41.2 Å². The normalized spacial score (nSPS) is 21.8. The Balaban J connectivity index is 1.33. The van der Waals surface area contributed by atoms with E-state index in [1.807, 2.05) is 4.90 Å². The van der Waals surface area contributed by atoms with Crippen LogP contribution in [0.4, 0.5) is 24.8 Å². The minimum absolute atomic E-state index is 0.00167. The molecule has 8 rings (SSSR count). The first-order valence-corrected chi connectivity index (χ1v) is 15.0. The van der Waals surface area contributed by atoms with Crippen molar-refractivity contribution in [1.82, 2.24) is 24.8 Å². The smallest absolute Gasteiger partial charge is 0.320 e. The van der Waals surface area contributed by atoms with Crippen molar-refractivity contribution in [2.24, 2.45) is 5.92 Å². The van der Waals surface area contributed by atoms with Crippen LogP contribution in [0.15, 0.2) is 42.6 Å². The van der Waals surface area contributed by atoms with Crippen molar-refractivity contribution >= 4 is 33.3 Å². The zero-order valence-electron chi connectivity index (χ0n) is 24.7.